The number of rotatable bonds is 5. The van der Waals surface area contributed by atoms with E-state index in [9.17, 15) is 0 Å². The predicted molar refractivity (Wildman–Crippen MR) is 93.5 cm³/mol. The highest BCUT2D eigenvalue weighted by atomic mass is 79.9. The van der Waals surface area contributed by atoms with Gasteiger partial charge in [0.2, 0.25) is 0 Å². The van der Waals surface area contributed by atoms with Crippen molar-refractivity contribution in [1.82, 2.24) is 9.97 Å². The smallest absolute Gasteiger partial charge is 0.171 e. The summed E-state index contributed by atoms with van der Waals surface area (Å²) in [5.74, 6) is 2.26. The monoisotopic (exact) mass is 417 g/mol. The average molecular weight is 419 g/mol. The Morgan fingerprint density at radius 3 is 2.55 bits per heavy atom. The first-order chi connectivity index (χ1) is 9.49. The van der Waals surface area contributed by atoms with Crippen LogP contribution in [0.3, 0.4) is 0 Å². The van der Waals surface area contributed by atoms with Crippen LogP contribution in [-0.4, -0.2) is 16.5 Å². The molecule has 6 heteroatoms. The lowest BCUT2D eigenvalue weighted by molar-refractivity contribution is 0.635. The Kier molecular flexibility index (Phi) is 5.57. The van der Waals surface area contributed by atoms with E-state index in [0.29, 0.717) is 5.92 Å². The Balaban J connectivity index is 2.42. The van der Waals surface area contributed by atoms with Crippen molar-refractivity contribution in [3.8, 4) is 10.7 Å². The SMILES string of the molecule is CCNc1cc(CC(C)C)nc(-c2cc(Br)c(Br)s2)n1. The molecule has 20 heavy (non-hydrogen) atoms. The molecular formula is C14H17Br2N3S. The number of aromatic nitrogens is 2. The molecule has 0 aliphatic rings. The van der Waals surface area contributed by atoms with Crippen LogP contribution in [0.15, 0.2) is 20.4 Å². The molecule has 0 atom stereocenters. The Bertz CT molecular complexity index is 577. The number of hydrogen-bond donors (Lipinski definition) is 1. The quantitative estimate of drug-likeness (QED) is 0.709. The van der Waals surface area contributed by atoms with Gasteiger partial charge in [-0.15, -0.1) is 11.3 Å². The molecule has 2 rings (SSSR count). The summed E-state index contributed by atoms with van der Waals surface area (Å²) in [4.78, 5) is 10.4. The molecule has 2 heterocycles. The van der Waals surface area contributed by atoms with Gasteiger partial charge in [-0.25, -0.2) is 9.97 Å². The van der Waals surface area contributed by atoms with Gasteiger partial charge >= 0.3 is 0 Å². The molecule has 3 nitrogen and oxygen atoms in total. The molecular weight excluding hydrogens is 402 g/mol. The van der Waals surface area contributed by atoms with E-state index in [-0.39, 0.29) is 0 Å². The molecule has 0 fully saturated rings. The van der Waals surface area contributed by atoms with Crippen molar-refractivity contribution in [3.63, 3.8) is 0 Å². The summed E-state index contributed by atoms with van der Waals surface area (Å²) >= 11 is 8.67. The molecule has 0 unspecified atom stereocenters. The Hall–Kier alpha value is -0.460. The van der Waals surface area contributed by atoms with Crippen LogP contribution in [0.1, 0.15) is 26.5 Å². The fourth-order valence-corrected chi connectivity index (χ4v) is 3.83. The van der Waals surface area contributed by atoms with Crippen molar-refractivity contribution in [1.29, 1.82) is 0 Å². The lowest BCUT2D eigenvalue weighted by Gasteiger charge is -2.09. The summed E-state index contributed by atoms with van der Waals surface area (Å²) < 4.78 is 2.11. The molecule has 0 aliphatic carbocycles. The van der Waals surface area contributed by atoms with Crippen molar-refractivity contribution < 1.29 is 0 Å². The number of halogens is 2. The molecule has 0 aromatic carbocycles. The third-order valence-corrected chi connectivity index (χ3v) is 5.87. The van der Waals surface area contributed by atoms with Crippen LogP contribution in [0.5, 0.6) is 0 Å². The Labute approximate surface area is 140 Å². The second-order valence-electron chi connectivity index (χ2n) is 4.93. The first-order valence-electron chi connectivity index (χ1n) is 6.56. The van der Waals surface area contributed by atoms with Crippen LogP contribution in [0.2, 0.25) is 0 Å². The molecule has 0 bridgehead atoms. The Morgan fingerprint density at radius 1 is 1.25 bits per heavy atom. The van der Waals surface area contributed by atoms with Crippen LogP contribution in [0.4, 0.5) is 5.82 Å². The van der Waals surface area contributed by atoms with E-state index in [4.69, 9.17) is 4.98 Å². The van der Waals surface area contributed by atoms with Crippen LogP contribution >= 0.6 is 43.2 Å². The third-order valence-electron chi connectivity index (χ3n) is 2.62. The molecule has 0 spiro atoms. The molecule has 108 valence electrons. The zero-order chi connectivity index (χ0) is 14.7. The molecule has 0 saturated heterocycles. The topological polar surface area (TPSA) is 37.8 Å². The lowest BCUT2D eigenvalue weighted by Crippen LogP contribution is -2.05. The molecule has 2 aromatic rings. The zero-order valence-electron chi connectivity index (χ0n) is 11.7. The molecule has 2 aromatic heterocycles. The van der Waals surface area contributed by atoms with Gasteiger partial charge < -0.3 is 5.32 Å². The molecule has 0 aliphatic heterocycles. The van der Waals surface area contributed by atoms with Crippen LogP contribution in [0, 0.1) is 5.92 Å². The van der Waals surface area contributed by atoms with Crippen molar-refractivity contribution in [3.05, 3.63) is 26.1 Å². The first-order valence-corrected chi connectivity index (χ1v) is 8.96. The van der Waals surface area contributed by atoms with E-state index < -0.39 is 0 Å². The standard InChI is InChI=1S/C14H17Br2N3S/c1-4-17-12-6-9(5-8(2)3)18-14(19-12)11-7-10(15)13(16)20-11/h6-8H,4-5H2,1-3H3,(H,17,18,19). The van der Waals surface area contributed by atoms with E-state index in [1.807, 2.05) is 6.07 Å². The normalized spacial score (nSPS) is 11.1. The summed E-state index contributed by atoms with van der Waals surface area (Å²) in [6.45, 7) is 7.33. The van der Waals surface area contributed by atoms with E-state index in [1.165, 1.54) is 0 Å². The minimum absolute atomic E-state index is 0.578. The van der Waals surface area contributed by atoms with Crippen LogP contribution in [0.25, 0.3) is 10.7 Å². The van der Waals surface area contributed by atoms with E-state index in [0.717, 1.165) is 43.4 Å². The maximum Gasteiger partial charge on any atom is 0.171 e. The maximum atomic E-state index is 4.70. The van der Waals surface area contributed by atoms with E-state index >= 15 is 0 Å². The second kappa shape index (κ2) is 7.00. The van der Waals surface area contributed by atoms with Gasteiger partial charge in [-0.05, 0) is 57.2 Å². The largest absolute Gasteiger partial charge is 0.370 e. The summed E-state index contributed by atoms with van der Waals surface area (Å²) in [7, 11) is 0. The fourth-order valence-electron chi connectivity index (χ4n) is 1.86. The van der Waals surface area contributed by atoms with Gasteiger partial charge in [0.25, 0.3) is 0 Å². The van der Waals surface area contributed by atoms with Gasteiger partial charge in [0, 0.05) is 22.8 Å². The lowest BCUT2D eigenvalue weighted by atomic mass is 10.1. The number of anilines is 1. The maximum absolute atomic E-state index is 4.70. The number of nitrogens with one attached hydrogen (secondary N) is 1. The van der Waals surface area contributed by atoms with Gasteiger partial charge in [-0.3, -0.25) is 0 Å². The summed E-state index contributed by atoms with van der Waals surface area (Å²) in [6, 6.07) is 4.10. The zero-order valence-corrected chi connectivity index (χ0v) is 15.7. The average Bonchev–Trinajstić information content (AvgIpc) is 2.69. The number of thiophene rings is 1. The molecule has 0 amide bonds. The van der Waals surface area contributed by atoms with Crippen molar-refractivity contribution in [2.75, 3.05) is 11.9 Å². The minimum Gasteiger partial charge on any atom is -0.370 e. The Morgan fingerprint density at radius 2 is 2.00 bits per heavy atom. The van der Waals surface area contributed by atoms with Gasteiger partial charge in [-0.2, -0.15) is 0 Å². The molecule has 0 saturated carbocycles. The van der Waals surface area contributed by atoms with Gasteiger partial charge in [0.1, 0.15) is 5.82 Å². The van der Waals surface area contributed by atoms with Crippen LogP contribution < -0.4 is 5.32 Å². The summed E-state index contributed by atoms with van der Waals surface area (Å²) in [5, 5.41) is 3.28. The molecule has 1 N–H and O–H groups in total. The van der Waals surface area contributed by atoms with Gasteiger partial charge in [-0.1, -0.05) is 13.8 Å². The number of hydrogen-bond acceptors (Lipinski definition) is 4. The highest BCUT2D eigenvalue weighted by Crippen LogP contribution is 2.37. The summed E-state index contributed by atoms with van der Waals surface area (Å²) in [5.41, 5.74) is 1.08. The highest BCUT2D eigenvalue weighted by Gasteiger charge is 2.12. The minimum atomic E-state index is 0.578. The number of nitrogens with zero attached hydrogens (tertiary/aromatic N) is 2. The van der Waals surface area contributed by atoms with Gasteiger partial charge in [0.15, 0.2) is 5.82 Å². The van der Waals surface area contributed by atoms with Gasteiger partial charge in [0.05, 0.1) is 8.66 Å². The van der Waals surface area contributed by atoms with Crippen molar-refractivity contribution in [2.45, 2.75) is 27.2 Å². The predicted octanol–water partition coefficient (Wildman–Crippen LogP) is 5.36. The van der Waals surface area contributed by atoms with E-state index in [1.54, 1.807) is 11.3 Å². The highest BCUT2D eigenvalue weighted by molar-refractivity contribution is 9.13. The van der Waals surface area contributed by atoms with Crippen LogP contribution in [-0.2, 0) is 6.42 Å². The van der Waals surface area contributed by atoms with Crippen molar-refractivity contribution >= 4 is 49.0 Å². The van der Waals surface area contributed by atoms with Crippen molar-refractivity contribution in [2.24, 2.45) is 5.92 Å². The van der Waals surface area contributed by atoms with E-state index in [2.05, 4.69) is 69.0 Å². The fraction of sp³-hybridized carbons (Fsp3) is 0.429. The third kappa shape index (κ3) is 4.02. The first kappa shape index (κ1) is 15.9. The second-order valence-corrected chi connectivity index (χ2v) is 8.15. The molecule has 0 radical (unpaired) electrons. The summed E-state index contributed by atoms with van der Waals surface area (Å²) in [6.07, 6.45) is 0.960.